The van der Waals surface area contributed by atoms with E-state index in [1.807, 2.05) is 0 Å². The summed E-state index contributed by atoms with van der Waals surface area (Å²) in [5.74, 6) is 0. The van der Waals surface area contributed by atoms with E-state index in [0.717, 1.165) is 0 Å². The summed E-state index contributed by atoms with van der Waals surface area (Å²) in [5.41, 5.74) is -2.07. The highest BCUT2D eigenvalue weighted by Gasteiger charge is 2.63. The first-order chi connectivity index (χ1) is 5.02. The van der Waals surface area contributed by atoms with Gasteiger partial charge < -0.3 is 5.32 Å². The predicted molar refractivity (Wildman–Crippen MR) is 32.2 cm³/mol. The molecule has 0 radical (unpaired) electrons. The predicted octanol–water partition coefficient (Wildman–Crippen LogP) is 1.32. The van der Waals surface area contributed by atoms with Crippen molar-refractivity contribution in [3.8, 4) is 0 Å². The lowest BCUT2D eigenvalue weighted by Gasteiger charge is -2.13. The van der Waals surface area contributed by atoms with Crippen molar-refractivity contribution in [3.05, 3.63) is 0 Å². The molecule has 11 heavy (non-hydrogen) atoms. The molecule has 0 aromatic heterocycles. The Hall–Kier alpha value is -0.650. The topological polar surface area (TPSA) is 36.8 Å². The summed E-state index contributed by atoms with van der Waals surface area (Å²) in [4.78, 5) is 0. The Morgan fingerprint density at radius 1 is 1.36 bits per heavy atom. The summed E-state index contributed by atoms with van der Waals surface area (Å²) < 4.78 is 36.0. The summed E-state index contributed by atoms with van der Waals surface area (Å²) >= 11 is 0. The van der Waals surface area contributed by atoms with Gasteiger partial charge in [0.15, 0.2) is 0 Å². The third-order valence-electron chi connectivity index (χ3n) is 1.52. The maximum atomic E-state index is 12.0. The van der Waals surface area contributed by atoms with Gasteiger partial charge in [-0.15, -0.1) is 10.2 Å². The molecule has 0 saturated heterocycles. The van der Waals surface area contributed by atoms with E-state index >= 15 is 0 Å². The Morgan fingerprint density at radius 3 is 2.18 bits per heavy atom. The van der Waals surface area contributed by atoms with E-state index in [1.54, 1.807) is 7.05 Å². The van der Waals surface area contributed by atoms with Crippen LogP contribution >= 0.6 is 0 Å². The van der Waals surface area contributed by atoms with Crippen LogP contribution in [0.15, 0.2) is 10.2 Å². The van der Waals surface area contributed by atoms with Crippen LogP contribution in [-0.2, 0) is 0 Å². The van der Waals surface area contributed by atoms with Gasteiger partial charge in [0.1, 0.15) is 0 Å². The van der Waals surface area contributed by atoms with Crippen molar-refractivity contribution in [2.45, 2.75) is 18.3 Å². The highest BCUT2D eigenvalue weighted by atomic mass is 19.4. The minimum atomic E-state index is -4.32. The summed E-state index contributed by atoms with van der Waals surface area (Å²) in [7, 11) is 1.59. The van der Waals surface area contributed by atoms with Crippen LogP contribution in [0.4, 0.5) is 13.2 Å². The molecule has 1 aliphatic heterocycles. The van der Waals surface area contributed by atoms with E-state index < -0.39 is 11.8 Å². The fourth-order valence-electron chi connectivity index (χ4n) is 0.715. The first kappa shape index (κ1) is 8.45. The molecule has 0 aromatic carbocycles. The molecule has 6 heteroatoms. The van der Waals surface area contributed by atoms with E-state index in [9.17, 15) is 13.2 Å². The Balaban J connectivity index is 2.42. The highest BCUT2D eigenvalue weighted by Crippen LogP contribution is 2.46. The fourth-order valence-corrected chi connectivity index (χ4v) is 0.715. The quantitative estimate of drug-likeness (QED) is 0.676. The molecule has 1 rings (SSSR count). The largest absolute Gasteiger partial charge is 0.437 e. The minimum Gasteiger partial charge on any atom is -0.320 e. The average Bonchev–Trinajstić information content (AvgIpc) is 2.61. The summed E-state index contributed by atoms with van der Waals surface area (Å²) in [6.07, 6.45) is -4.42. The number of halogens is 3. The number of hydrogen-bond acceptors (Lipinski definition) is 3. The number of hydrogen-bond donors (Lipinski definition) is 1. The van der Waals surface area contributed by atoms with E-state index in [2.05, 4.69) is 15.5 Å². The molecule has 0 saturated carbocycles. The molecule has 0 aromatic rings. The number of alkyl halides is 3. The minimum absolute atomic E-state index is 0.104. The van der Waals surface area contributed by atoms with Crippen molar-refractivity contribution in [1.82, 2.24) is 5.32 Å². The summed E-state index contributed by atoms with van der Waals surface area (Å²) in [6.45, 7) is 0.270. The van der Waals surface area contributed by atoms with Gasteiger partial charge in [-0.1, -0.05) is 0 Å². The number of nitrogens with one attached hydrogen (secondary N) is 1. The van der Waals surface area contributed by atoms with Crippen molar-refractivity contribution in [2.24, 2.45) is 10.2 Å². The maximum absolute atomic E-state index is 12.0. The van der Waals surface area contributed by atoms with Gasteiger partial charge in [-0.05, 0) is 13.6 Å². The van der Waals surface area contributed by atoms with Crippen molar-refractivity contribution in [2.75, 3.05) is 13.6 Å². The third-order valence-corrected chi connectivity index (χ3v) is 1.52. The fraction of sp³-hybridized carbons (Fsp3) is 1.00. The molecule has 64 valence electrons. The van der Waals surface area contributed by atoms with Crippen LogP contribution in [0, 0.1) is 0 Å². The van der Waals surface area contributed by atoms with Crippen LogP contribution in [-0.4, -0.2) is 25.4 Å². The van der Waals surface area contributed by atoms with Gasteiger partial charge in [0, 0.05) is 6.42 Å². The van der Waals surface area contributed by atoms with E-state index in [1.165, 1.54) is 0 Å². The molecular formula is C5H8F3N3. The molecule has 3 nitrogen and oxygen atoms in total. The van der Waals surface area contributed by atoms with Gasteiger partial charge in [0.05, 0.1) is 0 Å². The van der Waals surface area contributed by atoms with E-state index in [-0.39, 0.29) is 13.0 Å². The zero-order valence-electron chi connectivity index (χ0n) is 5.94. The maximum Gasteiger partial charge on any atom is 0.437 e. The number of rotatable bonds is 3. The van der Waals surface area contributed by atoms with Crippen molar-refractivity contribution in [1.29, 1.82) is 0 Å². The smallest absolute Gasteiger partial charge is 0.320 e. The first-order valence-electron chi connectivity index (χ1n) is 3.17. The second kappa shape index (κ2) is 2.44. The molecule has 0 atom stereocenters. The highest BCUT2D eigenvalue weighted by molar-refractivity contribution is 5.00. The molecule has 0 bridgehead atoms. The molecule has 1 heterocycles. The van der Waals surface area contributed by atoms with Crippen molar-refractivity contribution < 1.29 is 13.2 Å². The zero-order valence-corrected chi connectivity index (χ0v) is 5.94. The van der Waals surface area contributed by atoms with Crippen LogP contribution < -0.4 is 5.32 Å². The van der Waals surface area contributed by atoms with Gasteiger partial charge in [-0.3, -0.25) is 0 Å². The molecule has 0 unspecified atom stereocenters. The van der Waals surface area contributed by atoms with Crippen LogP contribution in [0.5, 0.6) is 0 Å². The van der Waals surface area contributed by atoms with E-state index in [0.29, 0.717) is 0 Å². The van der Waals surface area contributed by atoms with Gasteiger partial charge in [0.25, 0.3) is 5.66 Å². The van der Waals surface area contributed by atoms with Gasteiger partial charge in [-0.25, -0.2) is 0 Å². The Bertz CT molecular complexity index is 168. The van der Waals surface area contributed by atoms with Crippen LogP contribution in [0.1, 0.15) is 6.42 Å². The SMILES string of the molecule is CNCCC1(C(F)(F)F)N=N1. The van der Waals surface area contributed by atoms with Crippen molar-refractivity contribution in [3.63, 3.8) is 0 Å². The zero-order chi connectivity index (χ0) is 8.54. The average molecular weight is 167 g/mol. The molecule has 1 aliphatic rings. The second-order valence-electron chi connectivity index (χ2n) is 2.37. The Labute approximate surface area is 61.7 Å². The third kappa shape index (κ3) is 1.50. The molecule has 0 spiro atoms. The summed E-state index contributed by atoms with van der Waals surface area (Å²) in [6, 6.07) is 0. The monoisotopic (exact) mass is 167 g/mol. The van der Waals surface area contributed by atoms with Crippen LogP contribution in [0.25, 0.3) is 0 Å². The Morgan fingerprint density at radius 2 is 1.91 bits per heavy atom. The van der Waals surface area contributed by atoms with E-state index in [4.69, 9.17) is 0 Å². The normalized spacial score (nSPS) is 20.4. The first-order valence-corrected chi connectivity index (χ1v) is 3.17. The lowest BCUT2D eigenvalue weighted by atomic mass is 10.1. The molecular weight excluding hydrogens is 159 g/mol. The summed E-state index contributed by atoms with van der Waals surface area (Å²) in [5, 5.41) is 8.62. The van der Waals surface area contributed by atoms with Gasteiger partial charge >= 0.3 is 6.18 Å². The lowest BCUT2D eigenvalue weighted by Crippen LogP contribution is -2.35. The Kier molecular flexibility index (Phi) is 1.87. The van der Waals surface area contributed by atoms with Gasteiger partial charge in [0.2, 0.25) is 0 Å². The van der Waals surface area contributed by atoms with Crippen molar-refractivity contribution >= 4 is 0 Å². The molecule has 0 amide bonds. The molecule has 0 fully saturated rings. The van der Waals surface area contributed by atoms with Gasteiger partial charge in [-0.2, -0.15) is 13.2 Å². The van der Waals surface area contributed by atoms with Crippen LogP contribution in [0.3, 0.4) is 0 Å². The molecule has 1 N–H and O–H groups in total. The lowest BCUT2D eigenvalue weighted by molar-refractivity contribution is -0.164. The van der Waals surface area contributed by atoms with Crippen LogP contribution in [0.2, 0.25) is 0 Å². The second-order valence-corrected chi connectivity index (χ2v) is 2.37. The standard InChI is InChI=1S/C5H8F3N3/c1-9-3-2-4(10-11-4)5(6,7)8/h9H,2-3H2,1H3. The number of nitrogens with zero attached hydrogens (tertiary/aromatic N) is 2. The molecule has 0 aliphatic carbocycles.